The molecule has 3 aliphatic heterocycles. The minimum atomic E-state index is -0.574. The summed E-state index contributed by atoms with van der Waals surface area (Å²) in [7, 11) is 0. The number of para-hydroxylation sites is 1. The molecule has 0 aliphatic carbocycles. The number of hydrogen-bond donors (Lipinski definition) is 0. The summed E-state index contributed by atoms with van der Waals surface area (Å²) >= 11 is 0. The normalized spacial score (nSPS) is 27.3. The highest BCUT2D eigenvalue weighted by molar-refractivity contribution is 6.24. The van der Waals surface area contributed by atoms with E-state index in [4.69, 9.17) is 0 Å². The number of benzene rings is 2. The molecule has 0 saturated carbocycles. The molecule has 28 heavy (non-hydrogen) atoms. The van der Waals surface area contributed by atoms with E-state index in [1.807, 2.05) is 16.1 Å². The van der Waals surface area contributed by atoms with Crippen molar-refractivity contribution in [2.75, 3.05) is 18.0 Å². The van der Waals surface area contributed by atoms with Crippen molar-refractivity contribution in [2.45, 2.75) is 18.5 Å². The van der Waals surface area contributed by atoms with Gasteiger partial charge in [-0.25, -0.2) is 14.9 Å². The van der Waals surface area contributed by atoms with E-state index in [0.29, 0.717) is 17.8 Å². The summed E-state index contributed by atoms with van der Waals surface area (Å²) in [5, 5.41) is 15.3. The summed E-state index contributed by atoms with van der Waals surface area (Å²) in [6.45, 7) is 1.43. The average molecular weight is 378 g/mol. The number of rotatable bonds is 3. The molecule has 5 rings (SSSR count). The molecule has 3 aliphatic rings. The second-order valence-electron chi connectivity index (χ2n) is 7.29. The maximum Gasteiger partial charge on any atom is 0.269 e. The fourth-order valence-electron chi connectivity index (χ4n) is 4.77. The standard InChI is InChI=1S/C20H18N4O4/c25-19-16-17(13-6-4-9-15(12-13)24(27)28)21-10-5-11-22(21)18(16)20(26)23(19)14-7-2-1-3-8-14/h1-4,6-9,12,16-18H,5,10-11H2/t16-,17+,18-/m0/s1. The summed E-state index contributed by atoms with van der Waals surface area (Å²) in [5.74, 6) is -1.04. The Morgan fingerprint density at radius 2 is 1.61 bits per heavy atom. The monoisotopic (exact) mass is 378 g/mol. The van der Waals surface area contributed by atoms with E-state index in [1.54, 1.807) is 36.4 Å². The molecular weight excluding hydrogens is 360 g/mol. The van der Waals surface area contributed by atoms with Crippen LogP contribution in [0.1, 0.15) is 18.0 Å². The molecule has 3 atom stereocenters. The largest absolute Gasteiger partial charge is 0.274 e. The van der Waals surface area contributed by atoms with Gasteiger partial charge >= 0.3 is 0 Å². The van der Waals surface area contributed by atoms with Crippen LogP contribution in [0.15, 0.2) is 54.6 Å². The Bertz CT molecular complexity index is 979. The molecule has 0 unspecified atom stereocenters. The number of carbonyl (C=O) groups excluding carboxylic acids is 2. The molecule has 0 bridgehead atoms. The molecule has 8 heteroatoms. The first kappa shape index (κ1) is 17.0. The van der Waals surface area contributed by atoms with E-state index in [2.05, 4.69) is 0 Å². The van der Waals surface area contributed by atoms with Gasteiger partial charge in [0.15, 0.2) is 0 Å². The van der Waals surface area contributed by atoms with Gasteiger partial charge in [-0.05, 0) is 24.1 Å². The molecule has 2 aromatic rings. The van der Waals surface area contributed by atoms with Gasteiger partial charge in [-0.2, -0.15) is 0 Å². The van der Waals surface area contributed by atoms with Crippen LogP contribution in [0.25, 0.3) is 0 Å². The Morgan fingerprint density at radius 1 is 0.893 bits per heavy atom. The third-order valence-electron chi connectivity index (χ3n) is 5.84. The zero-order valence-electron chi connectivity index (χ0n) is 15.0. The van der Waals surface area contributed by atoms with Gasteiger partial charge in [0.2, 0.25) is 5.91 Å². The van der Waals surface area contributed by atoms with Gasteiger partial charge in [-0.3, -0.25) is 19.7 Å². The molecule has 0 N–H and O–H groups in total. The second kappa shape index (κ2) is 6.22. The summed E-state index contributed by atoms with van der Waals surface area (Å²) < 4.78 is 0. The third-order valence-corrected chi connectivity index (χ3v) is 5.84. The lowest BCUT2D eigenvalue weighted by molar-refractivity contribution is -0.385. The maximum atomic E-state index is 13.3. The lowest BCUT2D eigenvalue weighted by Crippen LogP contribution is -2.44. The Hall–Kier alpha value is -3.10. The predicted octanol–water partition coefficient (Wildman–Crippen LogP) is 2.13. The van der Waals surface area contributed by atoms with Gasteiger partial charge in [-0.1, -0.05) is 30.3 Å². The molecule has 0 spiro atoms. The smallest absolute Gasteiger partial charge is 0.269 e. The second-order valence-corrected chi connectivity index (χ2v) is 7.29. The van der Waals surface area contributed by atoms with Gasteiger partial charge in [0.25, 0.3) is 11.6 Å². The van der Waals surface area contributed by atoms with E-state index in [0.717, 1.165) is 13.0 Å². The maximum absolute atomic E-state index is 13.3. The molecule has 142 valence electrons. The number of hydrazine groups is 1. The number of nitro groups is 1. The lowest BCUT2D eigenvalue weighted by atomic mass is 9.89. The Morgan fingerprint density at radius 3 is 2.32 bits per heavy atom. The van der Waals surface area contributed by atoms with Crippen LogP contribution in [0, 0.1) is 16.0 Å². The highest BCUT2D eigenvalue weighted by atomic mass is 16.6. The first-order chi connectivity index (χ1) is 13.6. The Kier molecular flexibility index (Phi) is 3.78. The number of hydrogen-bond acceptors (Lipinski definition) is 6. The number of imide groups is 1. The molecule has 0 aromatic heterocycles. The highest BCUT2D eigenvalue weighted by Gasteiger charge is 2.62. The minimum Gasteiger partial charge on any atom is -0.274 e. The Labute approximate surface area is 161 Å². The quantitative estimate of drug-likeness (QED) is 0.462. The SMILES string of the molecule is O=C1[C@@H]2[C@@H](C(=O)N1c1ccccc1)N1CCCN1[C@@H]2c1cccc([N+](=O)[O-])c1. The van der Waals surface area contributed by atoms with Crippen molar-refractivity contribution in [2.24, 2.45) is 5.92 Å². The predicted molar refractivity (Wildman–Crippen MR) is 100 cm³/mol. The number of nitrogens with zero attached hydrogens (tertiary/aromatic N) is 4. The van der Waals surface area contributed by atoms with E-state index in [1.165, 1.54) is 17.0 Å². The fourth-order valence-corrected chi connectivity index (χ4v) is 4.77. The average Bonchev–Trinajstić information content (AvgIpc) is 3.34. The minimum absolute atomic E-state index is 0.0108. The van der Waals surface area contributed by atoms with E-state index in [-0.39, 0.29) is 23.5 Å². The van der Waals surface area contributed by atoms with Gasteiger partial charge in [0, 0.05) is 25.2 Å². The molecule has 3 saturated heterocycles. The van der Waals surface area contributed by atoms with Crippen molar-refractivity contribution in [1.82, 2.24) is 10.0 Å². The number of anilines is 1. The van der Waals surface area contributed by atoms with Gasteiger partial charge in [-0.15, -0.1) is 0 Å². The van der Waals surface area contributed by atoms with Crippen LogP contribution in [-0.4, -0.2) is 45.9 Å². The molecule has 8 nitrogen and oxygen atoms in total. The van der Waals surface area contributed by atoms with E-state index in [9.17, 15) is 19.7 Å². The van der Waals surface area contributed by atoms with Crippen molar-refractivity contribution in [1.29, 1.82) is 0 Å². The van der Waals surface area contributed by atoms with Crippen LogP contribution < -0.4 is 4.90 Å². The first-order valence-electron chi connectivity index (χ1n) is 9.28. The van der Waals surface area contributed by atoms with Gasteiger partial charge < -0.3 is 0 Å². The molecule has 2 amide bonds. The summed E-state index contributed by atoms with van der Waals surface area (Å²) in [6.07, 6.45) is 0.890. The molecular formula is C20H18N4O4. The summed E-state index contributed by atoms with van der Waals surface area (Å²) in [5.41, 5.74) is 1.25. The number of non-ortho nitro benzene ring substituents is 1. The van der Waals surface area contributed by atoms with Crippen LogP contribution >= 0.6 is 0 Å². The molecule has 3 fully saturated rings. The molecule has 2 aromatic carbocycles. The fraction of sp³-hybridized carbons (Fsp3) is 0.300. The van der Waals surface area contributed by atoms with E-state index >= 15 is 0 Å². The molecule has 0 radical (unpaired) electrons. The van der Waals surface area contributed by atoms with Crippen molar-refractivity contribution in [3.8, 4) is 0 Å². The number of nitro benzene ring substituents is 1. The zero-order valence-corrected chi connectivity index (χ0v) is 15.0. The van der Waals surface area contributed by atoms with Crippen molar-refractivity contribution >= 4 is 23.2 Å². The van der Waals surface area contributed by atoms with Crippen molar-refractivity contribution in [3.05, 3.63) is 70.3 Å². The summed E-state index contributed by atoms with van der Waals surface area (Å²) in [4.78, 5) is 38.6. The highest BCUT2D eigenvalue weighted by Crippen LogP contribution is 2.49. The van der Waals surface area contributed by atoms with Crippen LogP contribution in [0.2, 0.25) is 0 Å². The summed E-state index contributed by atoms with van der Waals surface area (Å²) in [6, 6.07) is 14.4. The van der Waals surface area contributed by atoms with Gasteiger partial charge in [0.1, 0.15) is 6.04 Å². The first-order valence-corrected chi connectivity index (χ1v) is 9.28. The van der Waals surface area contributed by atoms with Crippen LogP contribution in [-0.2, 0) is 9.59 Å². The van der Waals surface area contributed by atoms with Crippen LogP contribution in [0.3, 0.4) is 0 Å². The van der Waals surface area contributed by atoms with Crippen LogP contribution in [0.4, 0.5) is 11.4 Å². The lowest BCUT2D eigenvalue weighted by Gasteiger charge is -2.29. The topological polar surface area (TPSA) is 87.0 Å². The van der Waals surface area contributed by atoms with Gasteiger partial charge in [0.05, 0.1) is 22.6 Å². The van der Waals surface area contributed by atoms with Crippen molar-refractivity contribution in [3.63, 3.8) is 0 Å². The number of carbonyl (C=O) groups is 2. The molecule has 3 heterocycles. The van der Waals surface area contributed by atoms with E-state index < -0.39 is 16.9 Å². The Balaban J connectivity index is 1.59. The third kappa shape index (κ3) is 2.31. The van der Waals surface area contributed by atoms with Crippen LogP contribution in [0.5, 0.6) is 0 Å². The van der Waals surface area contributed by atoms with Crippen molar-refractivity contribution < 1.29 is 14.5 Å². The zero-order chi connectivity index (χ0) is 19.4. The number of fused-ring (bicyclic) bond motifs is 3. The number of amides is 2.